The second kappa shape index (κ2) is 5.90. The van der Waals surface area contributed by atoms with E-state index < -0.39 is 24.0 Å². The molecular formula is C10H16N2O4S. The Bertz CT molecular complexity index is 334. The van der Waals surface area contributed by atoms with Crippen LogP contribution in [0.25, 0.3) is 0 Å². The molecule has 17 heavy (non-hydrogen) atoms. The molecule has 2 atom stereocenters. The zero-order valence-corrected chi connectivity index (χ0v) is 10.6. The molecule has 0 aromatic heterocycles. The normalized spacial score (nSPS) is 21.1. The molecule has 2 N–H and O–H groups in total. The number of rotatable bonds is 4. The van der Waals surface area contributed by atoms with Crippen LogP contribution >= 0.6 is 11.8 Å². The predicted octanol–water partition coefficient (Wildman–Crippen LogP) is -0.113. The van der Waals surface area contributed by atoms with Crippen molar-refractivity contribution in [2.75, 3.05) is 11.6 Å². The molecule has 96 valence electrons. The van der Waals surface area contributed by atoms with E-state index in [0.29, 0.717) is 18.1 Å². The van der Waals surface area contributed by atoms with Crippen LogP contribution in [-0.2, 0) is 14.4 Å². The van der Waals surface area contributed by atoms with Gasteiger partial charge < -0.3 is 15.3 Å². The van der Waals surface area contributed by atoms with Crippen LogP contribution in [0.3, 0.4) is 0 Å². The summed E-state index contributed by atoms with van der Waals surface area (Å²) in [5, 5.41) is 11.1. The number of nitrogens with one attached hydrogen (secondary N) is 1. The topological polar surface area (TPSA) is 86.7 Å². The van der Waals surface area contributed by atoms with E-state index >= 15 is 0 Å². The first-order chi connectivity index (χ1) is 7.97. The molecule has 1 aliphatic rings. The minimum Gasteiger partial charge on any atom is -0.480 e. The summed E-state index contributed by atoms with van der Waals surface area (Å²) < 4.78 is 0. The van der Waals surface area contributed by atoms with Crippen LogP contribution in [0.15, 0.2) is 0 Å². The fourth-order valence-corrected chi connectivity index (χ4v) is 2.66. The van der Waals surface area contributed by atoms with Gasteiger partial charge in [-0.2, -0.15) is 0 Å². The Morgan fingerprint density at radius 1 is 1.53 bits per heavy atom. The molecule has 1 heterocycles. The smallest absolute Gasteiger partial charge is 0.325 e. The molecule has 0 spiro atoms. The van der Waals surface area contributed by atoms with Crippen molar-refractivity contribution in [3.63, 3.8) is 0 Å². The summed E-state index contributed by atoms with van der Waals surface area (Å²) in [5.74, 6) is -0.557. The van der Waals surface area contributed by atoms with Gasteiger partial charge in [0.25, 0.3) is 0 Å². The summed E-state index contributed by atoms with van der Waals surface area (Å²) in [4.78, 5) is 35.5. The molecule has 0 aromatic carbocycles. The highest BCUT2D eigenvalue weighted by Gasteiger charge is 2.34. The van der Waals surface area contributed by atoms with Gasteiger partial charge in [-0.25, -0.2) is 0 Å². The molecule has 1 rings (SSSR count). The number of thioether (sulfide) groups is 1. The number of nitrogens with zero attached hydrogens (tertiary/aromatic N) is 1. The lowest BCUT2D eigenvalue weighted by Crippen LogP contribution is -2.50. The number of carbonyl (C=O) groups excluding carboxylic acids is 2. The number of hydrogen-bond donors (Lipinski definition) is 2. The molecule has 0 radical (unpaired) electrons. The molecule has 6 nitrogen and oxygen atoms in total. The Kier molecular flexibility index (Phi) is 4.80. The van der Waals surface area contributed by atoms with E-state index in [2.05, 4.69) is 5.32 Å². The Hall–Kier alpha value is -1.24. The lowest BCUT2D eigenvalue weighted by molar-refractivity contribution is -0.143. The third kappa shape index (κ3) is 3.36. The van der Waals surface area contributed by atoms with Gasteiger partial charge in [-0.15, -0.1) is 11.8 Å². The van der Waals surface area contributed by atoms with Crippen molar-refractivity contribution < 1.29 is 19.5 Å². The number of hydrogen-bond acceptors (Lipinski definition) is 4. The van der Waals surface area contributed by atoms with Crippen molar-refractivity contribution in [1.82, 2.24) is 10.2 Å². The zero-order chi connectivity index (χ0) is 13.0. The standard InChI is InChI=1S/C10H16N2O4S/c1-3-8(13)12-5-17-4-7(12)9(14)11-6(2)10(15)16/h6-7H,3-5H2,1-2H3,(H,11,14)(H,15,16)/t6-,7?/m0/s1. The number of carbonyl (C=O) groups is 3. The van der Waals surface area contributed by atoms with Gasteiger partial charge in [0.05, 0.1) is 5.88 Å². The second-order valence-electron chi connectivity index (χ2n) is 3.80. The molecule has 1 unspecified atom stereocenters. The molecule has 7 heteroatoms. The van der Waals surface area contributed by atoms with E-state index in [9.17, 15) is 14.4 Å². The van der Waals surface area contributed by atoms with Gasteiger partial charge in [-0.05, 0) is 6.92 Å². The van der Waals surface area contributed by atoms with Crippen LogP contribution in [0.4, 0.5) is 0 Å². The molecule has 0 aliphatic carbocycles. The summed E-state index contributed by atoms with van der Waals surface area (Å²) in [6.45, 7) is 3.13. The van der Waals surface area contributed by atoms with E-state index in [-0.39, 0.29) is 5.91 Å². The highest BCUT2D eigenvalue weighted by molar-refractivity contribution is 7.99. The van der Waals surface area contributed by atoms with E-state index in [1.165, 1.54) is 23.6 Å². The first kappa shape index (κ1) is 13.8. The summed E-state index contributed by atoms with van der Waals surface area (Å²) in [6.07, 6.45) is 0.346. The van der Waals surface area contributed by atoms with Crippen molar-refractivity contribution in [2.24, 2.45) is 0 Å². The van der Waals surface area contributed by atoms with Crippen LogP contribution in [0.5, 0.6) is 0 Å². The first-order valence-electron chi connectivity index (χ1n) is 5.37. The largest absolute Gasteiger partial charge is 0.480 e. The van der Waals surface area contributed by atoms with E-state index in [1.807, 2.05) is 0 Å². The molecule has 1 aliphatic heterocycles. The molecule has 2 amide bonds. The van der Waals surface area contributed by atoms with Crippen molar-refractivity contribution >= 4 is 29.5 Å². The number of amides is 2. The van der Waals surface area contributed by atoms with Crippen molar-refractivity contribution in [3.8, 4) is 0 Å². The Morgan fingerprint density at radius 3 is 2.71 bits per heavy atom. The van der Waals surface area contributed by atoms with Crippen molar-refractivity contribution in [3.05, 3.63) is 0 Å². The lowest BCUT2D eigenvalue weighted by atomic mass is 10.2. The highest BCUT2D eigenvalue weighted by atomic mass is 32.2. The Morgan fingerprint density at radius 2 is 2.18 bits per heavy atom. The Balaban J connectivity index is 2.62. The molecule has 0 aromatic rings. The SMILES string of the molecule is CCC(=O)N1CSCC1C(=O)N[C@@H](C)C(=O)O. The molecular weight excluding hydrogens is 244 g/mol. The quantitative estimate of drug-likeness (QED) is 0.736. The third-order valence-electron chi connectivity index (χ3n) is 2.54. The maximum absolute atomic E-state index is 11.8. The van der Waals surface area contributed by atoms with Gasteiger partial charge in [-0.1, -0.05) is 6.92 Å². The maximum Gasteiger partial charge on any atom is 0.325 e. The first-order valence-corrected chi connectivity index (χ1v) is 6.53. The average Bonchev–Trinajstić information content (AvgIpc) is 2.76. The zero-order valence-electron chi connectivity index (χ0n) is 9.80. The maximum atomic E-state index is 11.8. The van der Waals surface area contributed by atoms with Crippen LogP contribution in [-0.4, -0.2) is 51.5 Å². The third-order valence-corrected chi connectivity index (χ3v) is 3.55. The highest BCUT2D eigenvalue weighted by Crippen LogP contribution is 2.21. The molecule has 1 fully saturated rings. The average molecular weight is 260 g/mol. The van der Waals surface area contributed by atoms with Crippen LogP contribution in [0.1, 0.15) is 20.3 Å². The lowest BCUT2D eigenvalue weighted by Gasteiger charge is -2.23. The van der Waals surface area contributed by atoms with Crippen LogP contribution in [0, 0.1) is 0 Å². The van der Waals surface area contributed by atoms with E-state index in [4.69, 9.17) is 5.11 Å². The van der Waals surface area contributed by atoms with Crippen LogP contribution < -0.4 is 5.32 Å². The van der Waals surface area contributed by atoms with Gasteiger partial charge in [-0.3, -0.25) is 14.4 Å². The van der Waals surface area contributed by atoms with Crippen molar-refractivity contribution in [2.45, 2.75) is 32.4 Å². The summed E-state index contributed by atoms with van der Waals surface area (Å²) in [5.41, 5.74) is 0. The van der Waals surface area contributed by atoms with Gasteiger partial charge in [0.15, 0.2) is 0 Å². The van der Waals surface area contributed by atoms with Gasteiger partial charge in [0, 0.05) is 12.2 Å². The Labute approximate surface area is 104 Å². The van der Waals surface area contributed by atoms with E-state index in [1.54, 1.807) is 6.92 Å². The van der Waals surface area contributed by atoms with Gasteiger partial charge >= 0.3 is 5.97 Å². The number of aliphatic carboxylic acids is 1. The molecule has 0 bridgehead atoms. The fourth-order valence-electron chi connectivity index (χ4n) is 1.48. The van der Waals surface area contributed by atoms with Crippen molar-refractivity contribution in [1.29, 1.82) is 0 Å². The van der Waals surface area contributed by atoms with Gasteiger partial charge in [0.2, 0.25) is 11.8 Å². The monoisotopic (exact) mass is 260 g/mol. The predicted molar refractivity (Wildman–Crippen MR) is 63.5 cm³/mol. The minimum atomic E-state index is -1.09. The number of carboxylic acids is 1. The number of carboxylic acid groups (broad SMARTS) is 1. The van der Waals surface area contributed by atoms with E-state index in [0.717, 1.165) is 0 Å². The summed E-state index contributed by atoms with van der Waals surface area (Å²) >= 11 is 1.49. The van der Waals surface area contributed by atoms with Gasteiger partial charge in [0.1, 0.15) is 12.1 Å². The van der Waals surface area contributed by atoms with Crippen LogP contribution in [0.2, 0.25) is 0 Å². The fraction of sp³-hybridized carbons (Fsp3) is 0.700. The minimum absolute atomic E-state index is 0.0851. The summed E-state index contributed by atoms with van der Waals surface area (Å²) in [6, 6.07) is -1.49. The summed E-state index contributed by atoms with van der Waals surface area (Å²) in [7, 11) is 0. The second-order valence-corrected chi connectivity index (χ2v) is 4.80. The molecule has 1 saturated heterocycles. The molecule has 0 saturated carbocycles.